The van der Waals surface area contributed by atoms with Crippen molar-refractivity contribution < 1.29 is 23.2 Å². The number of hydrogen-bond acceptors (Lipinski definition) is 6. The number of rotatable bonds is 7. The summed E-state index contributed by atoms with van der Waals surface area (Å²) in [5.74, 6) is -1.50. The lowest BCUT2D eigenvalue weighted by Gasteiger charge is -2.12. The summed E-state index contributed by atoms with van der Waals surface area (Å²) in [5.41, 5.74) is -0.591. The molecule has 10 heteroatoms. The Morgan fingerprint density at radius 2 is 1.88 bits per heavy atom. The van der Waals surface area contributed by atoms with Crippen LogP contribution >= 0.6 is 0 Å². The van der Waals surface area contributed by atoms with Crippen molar-refractivity contribution in [1.29, 1.82) is 0 Å². The van der Waals surface area contributed by atoms with Crippen LogP contribution in [0.5, 0.6) is 0 Å². The van der Waals surface area contributed by atoms with Crippen LogP contribution in [-0.4, -0.2) is 31.0 Å². The fourth-order valence-electron chi connectivity index (χ4n) is 2.25. The maximum Gasteiger partial charge on any atom is 0.335 e. The molecule has 0 aromatic heterocycles. The van der Waals surface area contributed by atoms with Gasteiger partial charge in [-0.1, -0.05) is 30.3 Å². The minimum Gasteiger partial charge on any atom is -0.478 e. The van der Waals surface area contributed by atoms with Gasteiger partial charge in [-0.25, -0.2) is 18.4 Å². The summed E-state index contributed by atoms with van der Waals surface area (Å²) in [7, 11) is -4.37. The normalized spacial score (nSPS) is 11.1. The number of carboxylic acids is 1. The number of anilines is 1. The van der Waals surface area contributed by atoms with E-state index in [1.807, 2.05) is 30.3 Å². The molecule has 0 amide bonds. The van der Waals surface area contributed by atoms with Gasteiger partial charge < -0.3 is 10.4 Å². The van der Waals surface area contributed by atoms with Crippen molar-refractivity contribution in [3.8, 4) is 0 Å². The second kappa shape index (κ2) is 7.28. The Balaban J connectivity index is 2.43. The van der Waals surface area contributed by atoms with Crippen LogP contribution in [0.1, 0.15) is 15.9 Å². The molecule has 2 aromatic rings. The maximum absolute atomic E-state index is 11.8. The van der Waals surface area contributed by atoms with Gasteiger partial charge in [0.05, 0.1) is 10.5 Å². The zero-order chi connectivity index (χ0) is 18.6. The predicted molar refractivity (Wildman–Crippen MR) is 90.1 cm³/mol. The smallest absolute Gasteiger partial charge is 0.335 e. The van der Waals surface area contributed by atoms with Crippen molar-refractivity contribution >= 4 is 27.4 Å². The van der Waals surface area contributed by atoms with Crippen molar-refractivity contribution in [2.24, 2.45) is 5.14 Å². The van der Waals surface area contributed by atoms with E-state index in [4.69, 9.17) is 10.2 Å². The summed E-state index contributed by atoms with van der Waals surface area (Å²) in [6, 6.07) is 10.8. The van der Waals surface area contributed by atoms with Gasteiger partial charge in [0.2, 0.25) is 10.0 Å². The lowest BCUT2D eigenvalue weighted by atomic mass is 10.1. The average Bonchev–Trinajstić information content (AvgIpc) is 2.54. The molecule has 0 atom stereocenters. The van der Waals surface area contributed by atoms with E-state index in [1.54, 1.807) is 0 Å². The highest BCUT2D eigenvalue weighted by Gasteiger charge is 2.27. The largest absolute Gasteiger partial charge is 0.478 e. The highest BCUT2D eigenvalue weighted by atomic mass is 32.2. The first-order valence-corrected chi connectivity index (χ1v) is 8.61. The summed E-state index contributed by atoms with van der Waals surface area (Å²) in [6.07, 6.45) is 0.475. The second-order valence-electron chi connectivity index (χ2n) is 5.14. The van der Waals surface area contributed by atoms with Gasteiger partial charge in [0.25, 0.3) is 5.69 Å². The van der Waals surface area contributed by atoms with E-state index in [0.29, 0.717) is 6.42 Å². The lowest BCUT2D eigenvalue weighted by molar-refractivity contribution is -0.384. The van der Waals surface area contributed by atoms with Gasteiger partial charge in [0.1, 0.15) is 10.6 Å². The van der Waals surface area contributed by atoms with Gasteiger partial charge in [0.15, 0.2) is 0 Å². The molecule has 0 saturated heterocycles. The Bertz CT molecular complexity index is 912. The number of sulfonamides is 1. The topological polar surface area (TPSA) is 153 Å². The fourth-order valence-corrected chi connectivity index (χ4v) is 3.00. The number of aromatic carboxylic acids is 1. The molecule has 0 aliphatic carbocycles. The summed E-state index contributed by atoms with van der Waals surface area (Å²) in [4.78, 5) is 20.8. The molecule has 0 radical (unpaired) electrons. The van der Waals surface area contributed by atoms with E-state index < -0.39 is 37.1 Å². The summed E-state index contributed by atoms with van der Waals surface area (Å²) < 4.78 is 23.5. The third-order valence-electron chi connectivity index (χ3n) is 3.39. The zero-order valence-electron chi connectivity index (χ0n) is 12.9. The highest BCUT2D eigenvalue weighted by molar-refractivity contribution is 7.89. The minimum atomic E-state index is -4.37. The molecule has 0 unspecified atom stereocenters. The van der Waals surface area contributed by atoms with Crippen LogP contribution in [-0.2, 0) is 16.4 Å². The summed E-state index contributed by atoms with van der Waals surface area (Å²) in [6.45, 7) is 0.194. The molecule has 0 spiro atoms. The van der Waals surface area contributed by atoms with E-state index in [9.17, 15) is 23.3 Å². The molecule has 0 heterocycles. The monoisotopic (exact) mass is 365 g/mol. The molecule has 0 saturated carbocycles. The van der Waals surface area contributed by atoms with Gasteiger partial charge in [-0.15, -0.1) is 0 Å². The number of carbonyl (C=O) groups is 1. The number of primary sulfonamides is 1. The molecular weight excluding hydrogens is 350 g/mol. The van der Waals surface area contributed by atoms with Crippen LogP contribution in [0.15, 0.2) is 47.4 Å². The van der Waals surface area contributed by atoms with Gasteiger partial charge in [-0.2, -0.15) is 0 Å². The third-order valence-corrected chi connectivity index (χ3v) is 4.32. The van der Waals surface area contributed by atoms with Crippen LogP contribution in [0.2, 0.25) is 0 Å². The van der Waals surface area contributed by atoms with Gasteiger partial charge in [-0.3, -0.25) is 10.1 Å². The standard InChI is InChI=1S/C15H15N3O6S/c16-25(23,24)13-9-11(15(19)20)8-12(18(21)22)14(13)17-7-6-10-4-2-1-3-5-10/h1-5,8-9,17H,6-7H2,(H,19,20)(H2,16,23,24). The Morgan fingerprint density at radius 1 is 1.24 bits per heavy atom. The van der Waals surface area contributed by atoms with Crippen LogP contribution in [0.25, 0.3) is 0 Å². The first-order chi connectivity index (χ1) is 11.7. The maximum atomic E-state index is 11.8. The van der Waals surface area contributed by atoms with Crippen molar-refractivity contribution in [1.82, 2.24) is 0 Å². The Labute approximate surface area is 143 Å². The number of nitrogens with zero attached hydrogens (tertiary/aromatic N) is 1. The Morgan fingerprint density at radius 3 is 2.40 bits per heavy atom. The molecule has 4 N–H and O–H groups in total. The van der Waals surface area contributed by atoms with E-state index in [1.165, 1.54) is 0 Å². The van der Waals surface area contributed by atoms with Gasteiger partial charge >= 0.3 is 5.97 Å². The van der Waals surface area contributed by atoms with E-state index in [0.717, 1.165) is 17.7 Å². The fraction of sp³-hybridized carbons (Fsp3) is 0.133. The van der Waals surface area contributed by atoms with E-state index in [2.05, 4.69) is 5.32 Å². The molecule has 0 fully saturated rings. The summed E-state index contributed by atoms with van der Waals surface area (Å²) in [5, 5.41) is 28.0. The number of nitrogens with one attached hydrogen (secondary N) is 1. The van der Waals surface area contributed by atoms with Crippen molar-refractivity contribution in [3.63, 3.8) is 0 Å². The number of nitrogens with two attached hydrogens (primary N) is 1. The van der Waals surface area contributed by atoms with Crippen molar-refractivity contribution in [3.05, 3.63) is 63.7 Å². The van der Waals surface area contributed by atoms with Crippen LogP contribution in [0.3, 0.4) is 0 Å². The number of nitro benzene ring substituents is 1. The van der Waals surface area contributed by atoms with Crippen molar-refractivity contribution in [2.75, 3.05) is 11.9 Å². The molecule has 0 aliphatic rings. The number of benzene rings is 2. The van der Waals surface area contributed by atoms with Gasteiger partial charge in [-0.05, 0) is 18.1 Å². The second-order valence-corrected chi connectivity index (χ2v) is 6.67. The molecule has 132 valence electrons. The predicted octanol–water partition coefficient (Wildman–Crippen LogP) is 1.60. The zero-order valence-corrected chi connectivity index (χ0v) is 13.7. The number of hydrogen-bond donors (Lipinski definition) is 3. The Kier molecular flexibility index (Phi) is 5.35. The highest BCUT2D eigenvalue weighted by Crippen LogP contribution is 2.33. The molecule has 0 bridgehead atoms. The molecule has 9 nitrogen and oxygen atoms in total. The third kappa shape index (κ3) is 4.52. The Hall–Kier alpha value is -2.98. The van der Waals surface area contributed by atoms with Crippen molar-refractivity contribution in [2.45, 2.75) is 11.3 Å². The SMILES string of the molecule is NS(=O)(=O)c1cc(C(=O)O)cc([N+](=O)[O-])c1NCCc1ccccc1. The van der Waals surface area contributed by atoms with Crippen LogP contribution < -0.4 is 10.5 Å². The van der Waals surface area contributed by atoms with Crippen LogP contribution in [0, 0.1) is 10.1 Å². The lowest BCUT2D eigenvalue weighted by Crippen LogP contribution is -2.18. The molecule has 2 rings (SSSR count). The molecular formula is C15H15N3O6S. The summed E-state index contributed by atoms with van der Waals surface area (Å²) >= 11 is 0. The average molecular weight is 365 g/mol. The molecule has 0 aliphatic heterocycles. The number of carboxylic acid groups (broad SMARTS) is 1. The molecule has 2 aromatic carbocycles. The quantitative estimate of drug-likeness (QED) is 0.497. The van der Waals surface area contributed by atoms with Crippen LogP contribution in [0.4, 0.5) is 11.4 Å². The number of nitro groups is 1. The molecule has 25 heavy (non-hydrogen) atoms. The minimum absolute atomic E-state index is 0.194. The first-order valence-electron chi connectivity index (χ1n) is 7.06. The van der Waals surface area contributed by atoms with Gasteiger partial charge in [0, 0.05) is 12.6 Å². The van der Waals surface area contributed by atoms with E-state index in [-0.39, 0.29) is 12.2 Å². The van der Waals surface area contributed by atoms with E-state index >= 15 is 0 Å². The first kappa shape index (κ1) is 18.4.